The van der Waals surface area contributed by atoms with Gasteiger partial charge in [-0.3, -0.25) is 4.79 Å². The quantitative estimate of drug-likeness (QED) is 0.937. The molecule has 120 valence electrons. The SMILES string of the molecule is Cc1ccc([C@@H](C)NC(=O)CN2CCc3ccccc32)cc1C. The highest BCUT2D eigenvalue weighted by molar-refractivity contribution is 5.82. The Kier molecular flexibility index (Phi) is 4.37. The molecule has 23 heavy (non-hydrogen) atoms. The Balaban J connectivity index is 1.62. The molecule has 0 fully saturated rings. The Morgan fingerprint density at radius 1 is 1.17 bits per heavy atom. The van der Waals surface area contributed by atoms with Crippen LogP contribution in [0.1, 0.15) is 35.2 Å². The van der Waals surface area contributed by atoms with Crippen molar-refractivity contribution >= 4 is 11.6 Å². The summed E-state index contributed by atoms with van der Waals surface area (Å²) in [6.45, 7) is 7.60. The minimum absolute atomic E-state index is 0.0275. The normalized spacial score (nSPS) is 14.5. The number of carbonyl (C=O) groups excluding carboxylic acids is 1. The van der Waals surface area contributed by atoms with E-state index in [4.69, 9.17) is 0 Å². The predicted molar refractivity (Wildman–Crippen MR) is 94.8 cm³/mol. The first-order valence-electron chi connectivity index (χ1n) is 8.24. The maximum absolute atomic E-state index is 12.4. The van der Waals surface area contributed by atoms with Gasteiger partial charge in [-0.05, 0) is 55.5 Å². The standard InChI is InChI=1S/C20H24N2O/c1-14-8-9-18(12-15(14)2)16(3)21-20(23)13-22-11-10-17-6-4-5-7-19(17)22/h4-9,12,16H,10-11,13H2,1-3H3,(H,21,23)/t16-/m1/s1. The van der Waals surface area contributed by atoms with Crippen LogP contribution in [0.4, 0.5) is 5.69 Å². The molecule has 3 nitrogen and oxygen atoms in total. The van der Waals surface area contributed by atoms with Crippen LogP contribution in [0, 0.1) is 13.8 Å². The third kappa shape index (κ3) is 3.39. The first-order valence-corrected chi connectivity index (χ1v) is 8.24. The molecule has 0 bridgehead atoms. The molecule has 0 saturated heterocycles. The van der Waals surface area contributed by atoms with Crippen LogP contribution in [0.3, 0.4) is 0 Å². The Labute approximate surface area is 138 Å². The van der Waals surface area contributed by atoms with Crippen molar-refractivity contribution in [3.63, 3.8) is 0 Å². The van der Waals surface area contributed by atoms with Gasteiger partial charge in [0.25, 0.3) is 0 Å². The number of nitrogens with one attached hydrogen (secondary N) is 1. The number of carbonyl (C=O) groups is 1. The molecule has 1 aliphatic heterocycles. The van der Waals surface area contributed by atoms with E-state index in [1.165, 1.54) is 22.4 Å². The van der Waals surface area contributed by atoms with E-state index < -0.39 is 0 Å². The molecule has 1 N–H and O–H groups in total. The van der Waals surface area contributed by atoms with Crippen LogP contribution in [0.2, 0.25) is 0 Å². The summed E-state index contributed by atoms with van der Waals surface area (Å²) in [7, 11) is 0. The van der Waals surface area contributed by atoms with E-state index in [9.17, 15) is 4.79 Å². The van der Waals surface area contributed by atoms with E-state index in [1.807, 2.05) is 13.0 Å². The minimum atomic E-state index is 0.0275. The molecular formula is C20H24N2O. The van der Waals surface area contributed by atoms with Gasteiger partial charge in [0, 0.05) is 12.2 Å². The molecule has 0 unspecified atom stereocenters. The van der Waals surface area contributed by atoms with Crippen molar-refractivity contribution in [1.82, 2.24) is 5.32 Å². The lowest BCUT2D eigenvalue weighted by atomic mass is 10.0. The molecule has 1 atom stereocenters. The number of benzene rings is 2. The van der Waals surface area contributed by atoms with Crippen molar-refractivity contribution in [2.45, 2.75) is 33.2 Å². The second-order valence-corrected chi connectivity index (χ2v) is 6.43. The van der Waals surface area contributed by atoms with Crippen LogP contribution >= 0.6 is 0 Å². The number of aryl methyl sites for hydroxylation is 2. The number of nitrogens with zero attached hydrogens (tertiary/aromatic N) is 1. The number of para-hydroxylation sites is 1. The van der Waals surface area contributed by atoms with Crippen LogP contribution in [0.5, 0.6) is 0 Å². The predicted octanol–water partition coefficient (Wildman–Crippen LogP) is 3.54. The Bertz CT molecular complexity index is 723. The van der Waals surface area contributed by atoms with E-state index in [1.54, 1.807) is 0 Å². The fourth-order valence-corrected chi connectivity index (χ4v) is 3.15. The van der Waals surface area contributed by atoms with Gasteiger partial charge in [-0.2, -0.15) is 0 Å². The zero-order valence-electron chi connectivity index (χ0n) is 14.1. The second kappa shape index (κ2) is 6.45. The zero-order valence-corrected chi connectivity index (χ0v) is 14.1. The van der Waals surface area contributed by atoms with Gasteiger partial charge in [0.15, 0.2) is 0 Å². The summed E-state index contributed by atoms with van der Waals surface area (Å²) in [5.74, 6) is 0.0763. The first kappa shape index (κ1) is 15.6. The van der Waals surface area contributed by atoms with E-state index in [2.05, 4.69) is 60.5 Å². The molecule has 0 spiro atoms. The summed E-state index contributed by atoms with van der Waals surface area (Å²) in [6, 6.07) is 14.7. The van der Waals surface area contributed by atoms with Gasteiger partial charge in [-0.1, -0.05) is 36.4 Å². The van der Waals surface area contributed by atoms with Gasteiger partial charge in [0.1, 0.15) is 0 Å². The van der Waals surface area contributed by atoms with Crippen molar-refractivity contribution in [2.24, 2.45) is 0 Å². The lowest BCUT2D eigenvalue weighted by Crippen LogP contribution is -2.37. The maximum atomic E-state index is 12.4. The average molecular weight is 308 g/mol. The number of rotatable bonds is 4. The number of hydrogen-bond donors (Lipinski definition) is 1. The van der Waals surface area contributed by atoms with Gasteiger partial charge in [0.05, 0.1) is 12.6 Å². The molecule has 1 aliphatic rings. The highest BCUT2D eigenvalue weighted by Crippen LogP contribution is 2.27. The Hall–Kier alpha value is -2.29. The third-order valence-corrected chi connectivity index (χ3v) is 4.73. The summed E-state index contributed by atoms with van der Waals surface area (Å²) in [5, 5.41) is 3.12. The molecule has 3 heteroatoms. The smallest absolute Gasteiger partial charge is 0.239 e. The first-order chi connectivity index (χ1) is 11.0. The van der Waals surface area contributed by atoms with Gasteiger partial charge < -0.3 is 10.2 Å². The highest BCUT2D eigenvalue weighted by atomic mass is 16.2. The van der Waals surface area contributed by atoms with Crippen LogP contribution in [-0.2, 0) is 11.2 Å². The fourth-order valence-electron chi connectivity index (χ4n) is 3.15. The van der Waals surface area contributed by atoms with Crippen molar-refractivity contribution in [2.75, 3.05) is 18.0 Å². The molecule has 0 aliphatic carbocycles. The van der Waals surface area contributed by atoms with Gasteiger partial charge in [-0.15, -0.1) is 0 Å². The lowest BCUT2D eigenvalue weighted by molar-refractivity contribution is -0.120. The molecule has 1 amide bonds. The largest absolute Gasteiger partial charge is 0.362 e. The molecule has 3 rings (SSSR count). The van der Waals surface area contributed by atoms with Gasteiger partial charge in [0.2, 0.25) is 5.91 Å². The van der Waals surface area contributed by atoms with Gasteiger partial charge in [-0.25, -0.2) is 0 Å². The molecule has 1 heterocycles. The number of anilines is 1. The van der Waals surface area contributed by atoms with Gasteiger partial charge >= 0.3 is 0 Å². The van der Waals surface area contributed by atoms with Crippen molar-refractivity contribution in [3.8, 4) is 0 Å². The zero-order chi connectivity index (χ0) is 16.4. The molecule has 0 radical (unpaired) electrons. The monoisotopic (exact) mass is 308 g/mol. The molecular weight excluding hydrogens is 284 g/mol. The minimum Gasteiger partial charge on any atom is -0.362 e. The van der Waals surface area contributed by atoms with E-state index in [-0.39, 0.29) is 11.9 Å². The van der Waals surface area contributed by atoms with E-state index >= 15 is 0 Å². The van der Waals surface area contributed by atoms with Crippen LogP contribution in [-0.4, -0.2) is 19.0 Å². The number of hydrogen-bond acceptors (Lipinski definition) is 2. The third-order valence-electron chi connectivity index (χ3n) is 4.73. The molecule has 0 saturated carbocycles. The molecule has 0 aromatic heterocycles. The second-order valence-electron chi connectivity index (χ2n) is 6.43. The summed E-state index contributed by atoms with van der Waals surface area (Å²) >= 11 is 0. The summed E-state index contributed by atoms with van der Waals surface area (Å²) in [6.07, 6.45) is 1.02. The number of fused-ring (bicyclic) bond motifs is 1. The van der Waals surface area contributed by atoms with Crippen molar-refractivity contribution in [1.29, 1.82) is 0 Å². The molecule has 2 aromatic rings. The van der Waals surface area contributed by atoms with Crippen LogP contribution < -0.4 is 10.2 Å². The average Bonchev–Trinajstić information content (AvgIpc) is 2.93. The van der Waals surface area contributed by atoms with Crippen molar-refractivity contribution in [3.05, 3.63) is 64.7 Å². The van der Waals surface area contributed by atoms with Crippen LogP contribution in [0.15, 0.2) is 42.5 Å². The Morgan fingerprint density at radius 2 is 1.96 bits per heavy atom. The molecule has 2 aromatic carbocycles. The van der Waals surface area contributed by atoms with Crippen LogP contribution in [0.25, 0.3) is 0 Å². The fraction of sp³-hybridized carbons (Fsp3) is 0.350. The Morgan fingerprint density at radius 3 is 2.74 bits per heavy atom. The maximum Gasteiger partial charge on any atom is 0.239 e. The number of amides is 1. The van der Waals surface area contributed by atoms with E-state index in [0.717, 1.165) is 18.5 Å². The summed E-state index contributed by atoms with van der Waals surface area (Å²) < 4.78 is 0. The van der Waals surface area contributed by atoms with E-state index in [0.29, 0.717) is 6.54 Å². The summed E-state index contributed by atoms with van der Waals surface area (Å²) in [4.78, 5) is 14.6. The highest BCUT2D eigenvalue weighted by Gasteiger charge is 2.21. The lowest BCUT2D eigenvalue weighted by Gasteiger charge is -2.21. The topological polar surface area (TPSA) is 32.3 Å². The summed E-state index contributed by atoms with van der Waals surface area (Å²) in [5.41, 5.74) is 6.23. The van der Waals surface area contributed by atoms with Crippen molar-refractivity contribution < 1.29 is 4.79 Å².